The van der Waals surface area contributed by atoms with E-state index in [1.165, 1.54) is 51.4 Å². The van der Waals surface area contributed by atoms with Crippen molar-refractivity contribution in [3.63, 3.8) is 0 Å². The molecule has 0 aromatic heterocycles. The summed E-state index contributed by atoms with van der Waals surface area (Å²) in [6, 6.07) is -0.554. The Hall–Kier alpha value is -3.51. The highest BCUT2D eigenvalue weighted by molar-refractivity contribution is 5.84. The highest BCUT2D eigenvalue weighted by atomic mass is 16.5. The Bertz CT molecular complexity index is 1190. The van der Waals surface area contributed by atoms with Crippen molar-refractivity contribution < 1.29 is 67.8 Å². The summed E-state index contributed by atoms with van der Waals surface area (Å²) in [5.74, 6) is -3.69. The molecule has 0 aromatic rings. The van der Waals surface area contributed by atoms with Crippen LogP contribution in [0.2, 0.25) is 0 Å². The number of Topliss-reactive ketones (excluding diaryl/α,β-unsaturated/α-hetero) is 2. The third-order valence-electron chi connectivity index (χ3n) is 10.1. The van der Waals surface area contributed by atoms with Crippen LogP contribution < -0.4 is 16.0 Å². The molecular formula is C46H85N3O14. The number of hydrogen-bond donors (Lipinski definition) is 6. The fraction of sp³-hybridized carbons (Fsp3) is 0.848. The smallest absolute Gasteiger partial charge is 0.320 e. The Morgan fingerprint density at radius 2 is 1.00 bits per heavy atom. The average molecular weight is 904 g/mol. The third kappa shape index (κ3) is 46.3. The van der Waals surface area contributed by atoms with E-state index in [0.29, 0.717) is 97.7 Å². The van der Waals surface area contributed by atoms with Crippen molar-refractivity contribution in [1.29, 1.82) is 0 Å². The normalized spacial score (nSPS) is 11.9. The third-order valence-corrected chi connectivity index (χ3v) is 10.1. The lowest BCUT2D eigenvalue weighted by molar-refractivity contribution is -0.144. The zero-order valence-corrected chi connectivity index (χ0v) is 39.0. The summed E-state index contributed by atoms with van der Waals surface area (Å²) in [6.07, 6.45) is 19.9. The molecule has 368 valence electrons. The van der Waals surface area contributed by atoms with Gasteiger partial charge in [-0.1, -0.05) is 77.0 Å². The van der Waals surface area contributed by atoms with E-state index >= 15 is 0 Å². The molecule has 6 N–H and O–H groups in total. The van der Waals surface area contributed by atoms with Gasteiger partial charge in [-0.15, -0.1) is 0 Å². The van der Waals surface area contributed by atoms with E-state index in [-0.39, 0.29) is 55.9 Å². The number of aliphatic carboxylic acids is 3. The molecule has 0 saturated carbocycles. The largest absolute Gasteiger partial charge is 0.481 e. The number of ketones is 2. The van der Waals surface area contributed by atoms with E-state index in [2.05, 4.69) is 16.0 Å². The molecule has 0 unspecified atom stereocenters. The van der Waals surface area contributed by atoms with Crippen molar-refractivity contribution >= 4 is 41.3 Å². The van der Waals surface area contributed by atoms with Crippen molar-refractivity contribution in [2.75, 3.05) is 73.0 Å². The standard InChI is InChI=1S/C26H47NO6.C20H38N2O8/c1-2-27-24(29)20-19-22(26(32)33)21-23(28)17-15-13-11-9-7-5-3-4-6-8-10-12-14-16-18-25(30)31;1-3-27-11-13-29-15-17(23)7-6-10-28-12-14-30-16-19(24)22-9-5-4-8-18(21-2)20(25)26/h22H,2-21H2,1H3,(H,27,29)(H,30,31)(H,32,33);18,21H,3-16H2,1-2H3,(H,22,24)(H,25,26)/t22-;18-/m10/s1. The van der Waals surface area contributed by atoms with E-state index in [1.54, 1.807) is 7.05 Å². The lowest BCUT2D eigenvalue weighted by Crippen LogP contribution is -2.34. The quantitative estimate of drug-likeness (QED) is 0.0368. The molecule has 0 heterocycles. The number of carbonyl (C=O) groups is 7. The molecule has 0 aromatic carbocycles. The van der Waals surface area contributed by atoms with Gasteiger partial charge < -0.3 is 50.2 Å². The summed E-state index contributed by atoms with van der Waals surface area (Å²) in [5, 5.41) is 34.9. The summed E-state index contributed by atoms with van der Waals surface area (Å²) < 4.78 is 20.9. The van der Waals surface area contributed by atoms with Crippen LogP contribution >= 0.6 is 0 Å². The van der Waals surface area contributed by atoms with Crippen molar-refractivity contribution in [3.8, 4) is 0 Å². The molecule has 0 fully saturated rings. The molecule has 2 atom stereocenters. The van der Waals surface area contributed by atoms with Crippen molar-refractivity contribution in [3.05, 3.63) is 0 Å². The summed E-state index contributed by atoms with van der Waals surface area (Å²) >= 11 is 0. The van der Waals surface area contributed by atoms with Gasteiger partial charge in [-0.25, -0.2) is 0 Å². The van der Waals surface area contributed by atoms with Crippen LogP contribution in [0.1, 0.15) is 168 Å². The predicted octanol–water partition coefficient (Wildman–Crippen LogP) is 6.27. The first-order chi connectivity index (χ1) is 30.4. The van der Waals surface area contributed by atoms with E-state index < -0.39 is 29.9 Å². The van der Waals surface area contributed by atoms with Crippen molar-refractivity contribution in [2.45, 2.75) is 174 Å². The number of nitrogens with one attached hydrogen (secondary N) is 3. The highest BCUT2D eigenvalue weighted by Crippen LogP contribution is 2.17. The highest BCUT2D eigenvalue weighted by Gasteiger charge is 2.22. The lowest BCUT2D eigenvalue weighted by atomic mass is 9.94. The van der Waals surface area contributed by atoms with Gasteiger partial charge in [0, 0.05) is 58.4 Å². The summed E-state index contributed by atoms with van der Waals surface area (Å²) in [6.45, 7) is 7.42. The number of unbranched alkanes of at least 4 members (excludes halogenated alkanes) is 14. The van der Waals surface area contributed by atoms with Gasteiger partial charge in [0.05, 0.1) is 32.3 Å². The second-order valence-electron chi connectivity index (χ2n) is 15.7. The van der Waals surface area contributed by atoms with Gasteiger partial charge >= 0.3 is 17.9 Å². The second kappa shape index (κ2) is 46.5. The van der Waals surface area contributed by atoms with Crippen LogP contribution in [0, 0.1) is 5.92 Å². The van der Waals surface area contributed by atoms with Gasteiger partial charge in [-0.05, 0) is 65.8 Å². The van der Waals surface area contributed by atoms with Gasteiger partial charge in [0.2, 0.25) is 11.8 Å². The molecule has 0 aliphatic heterocycles. The molecule has 17 heteroatoms. The van der Waals surface area contributed by atoms with Crippen LogP contribution in [-0.2, 0) is 52.5 Å². The monoisotopic (exact) mass is 904 g/mol. The first-order valence-corrected chi connectivity index (χ1v) is 23.6. The lowest BCUT2D eigenvalue weighted by Gasteiger charge is -2.11. The molecule has 0 bridgehead atoms. The van der Waals surface area contributed by atoms with E-state index in [1.807, 2.05) is 13.8 Å². The molecule has 0 aliphatic rings. The maximum Gasteiger partial charge on any atom is 0.320 e. The molecule has 0 rings (SSSR count). The van der Waals surface area contributed by atoms with Gasteiger partial charge in [-0.3, -0.25) is 33.6 Å². The van der Waals surface area contributed by atoms with Gasteiger partial charge in [0.25, 0.3) is 0 Å². The Kier molecular flexibility index (Phi) is 45.4. The summed E-state index contributed by atoms with van der Waals surface area (Å²) in [5.41, 5.74) is 0. The van der Waals surface area contributed by atoms with E-state index in [0.717, 1.165) is 38.5 Å². The number of carboxylic acids is 3. The molecule has 63 heavy (non-hydrogen) atoms. The molecule has 0 aliphatic carbocycles. The van der Waals surface area contributed by atoms with Crippen molar-refractivity contribution in [1.82, 2.24) is 16.0 Å². The minimum absolute atomic E-state index is 0.0137. The van der Waals surface area contributed by atoms with Crippen LogP contribution in [0.3, 0.4) is 0 Å². The number of carboxylic acid groups (broad SMARTS) is 3. The van der Waals surface area contributed by atoms with Crippen LogP contribution in [-0.4, -0.2) is 136 Å². The fourth-order valence-corrected chi connectivity index (χ4v) is 6.42. The predicted molar refractivity (Wildman–Crippen MR) is 241 cm³/mol. The number of ether oxygens (including phenoxy) is 4. The van der Waals surface area contributed by atoms with E-state index in [9.17, 15) is 38.7 Å². The number of carbonyl (C=O) groups excluding carboxylic acids is 4. The Labute approximate surface area is 377 Å². The minimum Gasteiger partial charge on any atom is -0.481 e. The fourth-order valence-electron chi connectivity index (χ4n) is 6.42. The minimum atomic E-state index is -0.997. The SMILES string of the molecule is CCNC(=O)CC[C@H](CC(=O)CCCCCCCCCCCCCCCCC(=O)O)C(=O)O.CCOCCOCC(=O)CCCOCCOCC(=O)NCCCC[C@H](NC)C(=O)O. The first-order valence-electron chi connectivity index (χ1n) is 23.6. The summed E-state index contributed by atoms with van der Waals surface area (Å²) in [7, 11) is 1.61. The van der Waals surface area contributed by atoms with E-state index in [4.69, 9.17) is 29.2 Å². The van der Waals surface area contributed by atoms with Crippen molar-refractivity contribution in [2.24, 2.45) is 5.92 Å². The average Bonchev–Trinajstić information content (AvgIpc) is 3.24. The molecule has 0 saturated heterocycles. The first kappa shape index (κ1) is 61.6. The molecule has 2 amide bonds. The number of rotatable bonds is 46. The second-order valence-corrected chi connectivity index (χ2v) is 15.7. The summed E-state index contributed by atoms with van der Waals surface area (Å²) in [4.78, 5) is 79.4. The van der Waals surface area contributed by atoms with Gasteiger partial charge in [-0.2, -0.15) is 0 Å². The molecule has 0 radical (unpaired) electrons. The Morgan fingerprint density at radius 3 is 1.52 bits per heavy atom. The zero-order valence-electron chi connectivity index (χ0n) is 39.0. The molecular weight excluding hydrogens is 819 g/mol. The number of amides is 2. The zero-order chi connectivity index (χ0) is 47.2. The maximum absolute atomic E-state index is 12.1. The van der Waals surface area contributed by atoms with Crippen LogP contribution in [0.4, 0.5) is 0 Å². The maximum atomic E-state index is 12.1. The topological polar surface area (TPSA) is 253 Å². The van der Waals surface area contributed by atoms with Crippen LogP contribution in [0.25, 0.3) is 0 Å². The Morgan fingerprint density at radius 1 is 0.476 bits per heavy atom. The number of hydrogen-bond acceptors (Lipinski definition) is 12. The van der Waals surface area contributed by atoms with Gasteiger partial charge in [0.1, 0.15) is 25.0 Å². The number of likely N-dealkylation sites (N-methyl/N-ethyl adjacent to an activating group) is 1. The Balaban J connectivity index is 0. The molecule has 17 nitrogen and oxygen atoms in total. The molecule has 0 spiro atoms. The van der Waals surface area contributed by atoms with Gasteiger partial charge in [0.15, 0.2) is 5.78 Å². The van der Waals surface area contributed by atoms with Crippen LogP contribution in [0.15, 0.2) is 0 Å². The van der Waals surface area contributed by atoms with Crippen LogP contribution in [0.5, 0.6) is 0 Å².